The van der Waals surface area contributed by atoms with Crippen LogP contribution in [0.15, 0.2) is 48.5 Å². The first-order valence-corrected chi connectivity index (χ1v) is 7.65. The summed E-state index contributed by atoms with van der Waals surface area (Å²) in [6.45, 7) is -0.0441. The summed E-state index contributed by atoms with van der Waals surface area (Å²) < 4.78 is 32.0. The molecule has 0 spiro atoms. The van der Waals surface area contributed by atoms with Crippen LogP contribution >= 0.6 is 0 Å². The normalized spacial score (nSPS) is 20.2. The van der Waals surface area contributed by atoms with Gasteiger partial charge in [0.15, 0.2) is 18.2 Å². The predicted octanol–water partition coefficient (Wildman–Crippen LogP) is 2.68. The van der Waals surface area contributed by atoms with Crippen LogP contribution < -0.4 is 4.74 Å². The number of halogens is 2. The number of benzene rings is 2. The summed E-state index contributed by atoms with van der Waals surface area (Å²) in [6, 6.07) is 11.9. The van der Waals surface area contributed by atoms with Gasteiger partial charge in [0.05, 0.1) is 12.1 Å². The molecule has 0 bridgehead atoms. The molecule has 1 heterocycles. The molecule has 1 amide bonds. The smallest absolute Gasteiger partial charge is 0.261 e. The van der Waals surface area contributed by atoms with E-state index in [0.29, 0.717) is 11.3 Å². The third-order valence-electron chi connectivity index (χ3n) is 4.03. The fourth-order valence-corrected chi connectivity index (χ4v) is 2.87. The molecule has 1 aliphatic rings. The molecule has 3 rings (SSSR count). The maximum Gasteiger partial charge on any atom is 0.261 e. The molecule has 0 aromatic heterocycles. The van der Waals surface area contributed by atoms with Crippen LogP contribution in [0, 0.1) is 11.6 Å². The zero-order valence-electron chi connectivity index (χ0n) is 12.9. The summed E-state index contributed by atoms with van der Waals surface area (Å²) in [5, 5.41) is 9.89. The third kappa shape index (κ3) is 3.54. The minimum absolute atomic E-state index is 0.140. The summed E-state index contributed by atoms with van der Waals surface area (Å²) in [5.74, 6) is -1.66. The number of hydrogen-bond donors (Lipinski definition) is 1. The maximum atomic E-state index is 13.5. The first-order chi connectivity index (χ1) is 11.5. The zero-order valence-corrected chi connectivity index (χ0v) is 12.9. The Labute approximate surface area is 138 Å². The van der Waals surface area contributed by atoms with Gasteiger partial charge in [0.2, 0.25) is 0 Å². The van der Waals surface area contributed by atoms with Crippen molar-refractivity contribution in [2.24, 2.45) is 0 Å². The molecule has 0 saturated carbocycles. The van der Waals surface area contributed by atoms with Gasteiger partial charge in [0, 0.05) is 6.54 Å². The molecule has 1 aliphatic heterocycles. The Kier molecular flexibility index (Phi) is 4.76. The number of hydrogen-bond acceptors (Lipinski definition) is 3. The number of amides is 1. The van der Waals surface area contributed by atoms with Gasteiger partial charge in [-0.15, -0.1) is 0 Å². The summed E-state index contributed by atoms with van der Waals surface area (Å²) in [7, 11) is 0. The van der Waals surface area contributed by atoms with Gasteiger partial charge in [-0.05, 0) is 36.2 Å². The highest BCUT2D eigenvalue weighted by Crippen LogP contribution is 2.33. The number of aliphatic hydroxyl groups excluding tert-OH is 1. The lowest BCUT2D eigenvalue weighted by Gasteiger charge is -2.25. The van der Waals surface area contributed by atoms with Gasteiger partial charge in [0.25, 0.3) is 5.91 Å². The van der Waals surface area contributed by atoms with Gasteiger partial charge in [0.1, 0.15) is 5.75 Å². The van der Waals surface area contributed by atoms with Crippen molar-refractivity contribution in [3.05, 3.63) is 65.7 Å². The minimum atomic E-state index is -0.971. The number of ether oxygens (including phenoxy) is 1. The van der Waals surface area contributed by atoms with Crippen molar-refractivity contribution >= 4 is 5.91 Å². The molecule has 1 N–H and O–H groups in total. The van der Waals surface area contributed by atoms with E-state index >= 15 is 0 Å². The average molecular weight is 333 g/mol. The Morgan fingerprint density at radius 3 is 2.62 bits per heavy atom. The van der Waals surface area contributed by atoms with Crippen LogP contribution in [0.3, 0.4) is 0 Å². The van der Waals surface area contributed by atoms with Gasteiger partial charge < -0.3 is 14.7 Å². The topological polar surface area (TPSA) is 49.8 Å². The second kappa shape index (κ2) is 6.97. The van der Waals surface area contributed by atoms with E-state index in [2.05, 4.69) is 0 Å². The first kappa shape index (κ1) is 16.4. The lowest BCUT2D eigenvalue weighted by molar-refractivity contribution is -0.134. The van der Waals surface area contributed by atoms with Crippen molar-refractivity contribution in [1.29, 1.82) is 0 Å². The molecule has 4 nitrogen and oxygen atoms in total. The predicted molar refractivity (Wildman–Crippen MR) is 83.4 cm³/mol. The summed E-state index contributed by atoms with van der Waals surface area (Å²) in [5.41, 5.74) is 0.457. The number of carbonyl (C=O) groups excluding carboxylic acids is 1. The minimum Gasteiger partial charge on any atom is -0.484 e. The maximum absolute atomic E-state index is 13.5. The van der Waals surface area contributed by atoms with E-state index in [9.17, 15) is 18.7 Å². The Hall–Kier alpha value is -2.47. The van der Waals surface area contributed by atoms with E-state index in [4.69, 9.17) is 4.74 Å². The van der Waals surface area contributed by atoms with E-state index in [0.717, 1.165) is 12.1 Å². The Morgan fingerprint density at radius 2 is 1.92 bits per heavy atom. The van der Waals surface area contributed by atoms with Gasteiger partial charge in [-0.1, -0.05) is 24.3 Å². The SMILES string of the molecule is O=C(COc1ccccc1)N1C[C@@H](O)C[C@@H]1c1ccc(F)c(F)c1. The number of likely N-dealkylation sites (tertiary alicyclic amines) is 1. The highest BCUT2D eigenvalue weighted by molar-refractivity contribution is 5.78. The summed E-state index contributed by atoms with van der Waals surface area (Å²) in [4.78, 5) is 13.9. The Morgan fingerprint density at radius 1 is 1.17 bits per heavy atom. The van der Waals surface area contributed by atoms with Gasteiger partial charge in [-0.3, -0.25) is 4.79 Å². The van der Waals surface area contributed by atoms with Crippen LogP contribution in [0.25, 0.3) is 0 Å². The summed E-state index contributed by atoms with van der Waals surface area (Å²) >= 11 is 0. The molecule has 0 unspecified atom stereocenters. The van der Waals surface area contributed by atoms with Gasteiger partial charge in [-0.2, -0.15) is 0 Å². The number of nitrogens with zero attached hydrogens (tertiary/aromatic N) is 1. The van der Waals surface area contributed by atoms with Crippen molar-refractivity contribution < 1.29 is 23.4 Å². The van der Waals surface area contributed by atoms with E-state index in [1.165, 1.54) is 11.0 Å². The number of rotatable bonds is 4. The molecule has 2 atom stereocenters. The molecule has 0 aliphatic carbocycles. The first-order valence-electron chi connectivity index (χ1n) is 7.65. The second-order valence-electron chi connectivity index (χ2n) is 5.73. The quantitative estimate of drug-likeness (QED) is 0.936. The lowest BCUT2D eigenvalue weighted by atomic mass is 10.0. The van der Waals surface area contributed by atoms with Gasteiger partial charge in [-0.25, -0.2) is 8.78 Å². The zero-order chi connectivity index (χ0) is 17.1. The molecule has 0 radical (unpaired) electrons. The Balaban J connectivity index is 1.72. The van der Waals surface area contributed by atoms with Crippen LogP contribution in [0.1, 0.15) is 18.0 Å². The van der Waals surface area contributed by atoms with Gasteiger partial charge >= 0.3 is 0 Å². The number of β-amino-alcohol motifs (C(OH)–C–C–N with tert-alkyl or cyclic N) is 1. The number of carbonyl (C=O) groups is 1. The third-order valence-corrected chi connectivity index (χ3v) is 4.03. The lowest BCUT2D eigenvalue weighted by Crippen LogP contribution is -2.35. The largest absolute Gasteiger partial charge is 0.484 e. The van der Waals surface area contributed by atoms with Crippen LogP contribution in [0.5, 0.6) is 5.75 Å². The van der Waals surface area contributed by atoms with E-state index in [-0.39, 0.29) is 25.5 Å². The average Bonchev–Trinajstić information content (AvgIpc) is 2.98. The van der Waals surface area contributed by atoms with Crippen molar-refractivity contribution in [3.63, 3.8) is 0 Å². The monoisotopic (exact) mass is 333 g/mol. The van der Waals surface area contributed by atoms with Crippen LogP contribution in [-0.2, 0) is 4.79 Å². The number of para-hydroxylation sites is 1. The van der Waals surface area contributed by atoms with Crippen LogP contribution in [0.4, 0.5) is 8.78 Å². The molecular formula is C18H17F2NO3. The van der Waals surface area contributed by atoms with Crippen LogP contribution in [0.2, 0.25) is 0 Å². The molecule has 6 heteroatoms. The fourth-order valence-electron chi connectivity index (χ4n) is 2.87. The number of aliphatic hydroxyl groups is 1. The van der Waals surface area contributed by atoms with Crippen molar-refractivity contribution in [2.45, 2.75) is 18.6 Å². The molecular weight excluding hydrogens is 316 g/mol. The van der Waals surface area contributed by atoms with Crippen molar-refractivity contribution in [2.75, 3.05) is 13.2 Å². The molecule has 126 valence electrons. The van der Waals surface area contributed by atoms with E-state index in [1.54, 1.807) is 24.3 Å². The Bertz CT molecular complexity index is 723. The van der Waals surface area contributed by atoms with E-state index < -0.39 is 23.8 Å². The highest BCUT2D eigenvalue weighted by atomic mass is 19.2. The van der Waals surface area contributed by atoms with Crippen LogP contribution in [-0.4, -0.2) is 35.2 Å². The van der Waals surface area contributed by atoms with E-state index in [1.807, 2.05) is 6.07 Å². The molecule has 1 saturated heterocycles. The molecule has 2 aromatic rings. The molecule has 24 heavy (non-hydrogen) atoms. The summed E-state index contributed by atoms with van der Waals surface area (Å²) in [6.07, 6.45) is -0.425. The fraction of sp³-hybridized carbons (Fsp3) is 0.278. The highest BCUT2D eigenvalue weighted by Gasteiger charge is 2.35. The second-order valence-corrected chi connectivity index (χ2v) is 5.73. The molecule has 1 fully saturated rings. The van der Waals surface area contributed by atoms with Crippen molar-refractivity contribution in [3.8, 4) is 5.75 Å². The standard InChI is InChI=1S/C18H17F2NO3/c19-15-7-6-12(8-16(15)20)17-9-13(22)10-21(17)18(23)11-24-14-4-2-1-3-5-14/h1-8,13,17,22H,9-11H2/t13-,17+/m0/s1. The molecule has 2 aromatic carbocycles. The van der Waals surface area contributed by atoms with Crippen molar-refractivity contribution in [1.82, 2.24) is 4.90 Å².